The van der Waals surface area contributed by atoms with Crippen LogP contribution >= 0.6 is 0 Å². The van der Waals surface area contributed by atoms with Gasteiger partial charge in [0.05, 0.1) is 42.6 Å². The predicted octanol–water partition coefficient (Wildman–Crippen LogP) is 1.74. The van der Waals surface area contributed by atoms with Gasteiger partial charge in [0.1, 0.15) is 0 Å². The number of carbonyl (C=O) groups is 3. The molecule has 1 fully saturated rings. The lowest BCUT2D eigenvalue weighted by Gasteiger charge is -2.27. The number of aryl methyl sites for hydroxylation is 1. The van der Waals surface area contributed by atoms with Gasteiger partial charge in [0.15, 0.2) is 11.6 Å². The number of aliphatic hydroxyl groups excluding tert-OH is 1. The molecular formula is C24H26F2N4O5. The molecule has 11 heteroatoms. The number of rotatable bonds is 6. The van der Waals surface area contributed by atoms with Gasteiger partial charge in [-0.05, 0) is 37.6 Å². The van der Waals surface area contributed by atoms with Crippen molar-refractivity contribution in [2.45, 2.75) is 26.4 Å². The number of nitrogens with one attached hydrogen (secondary N) is 3. The Kier molecular flexibility index (Phi) is 6.99. The van der Waals surface area contributed by atoms with Gasteiger partial charge in [0.25, 0.3) is 11.8 Å². The van der Waals surface area contributed by atoms with Crippen LogP contribution in [-0.4, -0.2) is 71.7 Å². The van der Waals surface area contributed by atoms with Crippen molar-refractivity contribution < 1.29 is 33.0 Å². The van der Waals surface area contributed by atoms with Crippen molar-refractivity contribution in [2.24, 2.45) is 0 Å². The number of hydrogen-bond acceptors (Lipinski definition) is 5. The Bertz CT molecular complexity index is 1220. The topological polar surface area (TPSA) is 124 Å². The lowest BCUT2D eigenvalue weighted by atomic mass is 10.0. The molecule has 4 rings (SSSR count). The molecule has 3 heterocycles. The molecule has 3 amide bonds. The third kappa shape index (κ3) is 4.96. The van der Waals surface area contributed by atoms with Gasteiger partial charge in [0, 0.05) is 36.6 Å². The summed E-state index contributed by atoms with van der Waals surface area (Å²) < 4.78 is 33.3. The molecule has 1 aromatic carbocycles. The number of amides is 3. The highest BCUT2D eigenvalue weighted by atomic mass is 19.2. The van der Waals surface area contributed by atoms with E-state index in [1.54, 1.807) is 18.7 Å². The minimum atomic E-state index is -1.13. The van der Waals surface area contributed by atoms with Gasteiger partial charge in [-0.25, -0.2) is 8.78 Å². The molecule has 1 saturated heterocycles. The first-order valence-corrected chi connectivity index (χ1v) is 11.2. The third-order valence-electron chi connectivity index (χ3n) is 6.12. The van der Waals surface area contributed by atoms with Crippen molar-refractivity contribution in [1.29, 1.82) is 0 Å². The van der Waals surface area contributed by atoms with Crippen molar-refractivity contribution in [1.82, 2.24) is 15.2 Å². The number of aromatic nitrogens is 1. The fraction of sp³-hybridized carbons (Fsp3) is 0.375. The van der Waals surface area contributed by atoms with Gasteiger partial charge in [-0.15, -0.1) is 0 Å². The van der Waals surface area contributed by atoms with E-state index >= 15 is 0 Å². The van der Waals surface area contributed by atoms with E-state index in [4.69, 9.17) is 4.74 Å². The monoisotopic (exact) mass is 488 g/mol. The SMILES string of the molecule is Cc1[nH]c(/C=C2\C(=O)Nc3ccc(F)c(F)c32)c(C)c1C(=O)NCC(O)CC(=O)N1CCOCC1. The predicted molar refractivity (Wildman–Crippen MR) is 123 cm³/mol. The number of benzene rings is 1. The number of aromatic amines is 1. The van der Waals surface area contributed by atoms with Gasteiger partial charge < -0.3 is 30.4 Å². The van der Waals surface area contributed by atoms with E-state index in [0.29, 0.717) is 48.8 Å². The van der Waals surface area contributed by atoms with Crippen LogP contribution in [-0.2, 0) is 14.3 Å². The summed E-state index contributed by atoms with van der Waals surface area (Å²) in [6, 6.07) is 2.22. The number of morpholine rings is 1. The molecule has 0 radical (unpaired) electrons. The zero-order valence-electron chi connectivity index (χ0n) is 19.3. The largest absolute Gasteiger partial charge is 0.391 e. The van der Waals surface area contributed by atoms with Crippen molar-refractivity contribution in [3.8, 4) is 0 Å². The smallest absolute Gasteiger partial charge is 0.256 e. The first-order chi connectivity index (χ1) is 16.7. The summed E-state index contributed by atoms with van der Waals surface area (Å²) in [4.78, 5) is 42.1. The highest BCUT2D eigenvalue weighted by molar-refractivity contribution is 6.35. The molecular weight excluding hydrogens is 462 g/mol. The molecule has 186 valence electrons. The van der Waals surface area contributed by atoms with Crippen LogP contribution in [0, 0.1) is 25.5 Å². The zero-order valence-corrected chi connectivity index (χ0v) is 19.3. The molecule has 1 atom stereocenters. The van der Waals surface area contributed by atoms with Crippen LogP contribution in [0.5, 0.6) is 0 Å². The second-order valence-electron chi connectivity index (χ2n) is 8.52. The molecule has 0 bridgehead atoms. The summed E-state index contributed by atoms with van der Waals surface area (Å²) in [5.74, 6) is -3.48. The number of carbonyl (C=O) groups excluding carboxylic acids is 3. The molecule has 1 aromatic heterocycles. The minimum Gasteiger partial charge on any atom is -0.391 e. The van der Waals surface area contributed by atoms with E-state index in [0.717, 1.165) is 6.07 Å². The zero-order chi connectivity index (χ0) is 25.3. The van der Waals surface area contributed by atoms with Crippen LogP contribution in [0.15, 0.2) is 12.1 Å². The first-order valence-electron chi connectivity index (χ1n) is 11.2. The molecule has 9 nitrogen and oxygen atoms in total. The number of fused-ring (bicyclic) bond motifs is 1. The van der Waals surface area contributed by atoms with E-state index < -0.39 is 29.6 Å². The molecule has 0 aliphatic carbocycles. The maximum atomic E-state index is 14.4. The fourth-order valence-electron chi connectivity index (χ4n) is 4.28. The molecule has 1 unspecified atom stereocenters. The normalized spacial score (nSPS) is 17.3. The molecule has 2 aromatic rings. The molecule has 2 aliphatic rings. The quantitative estimate of drug-likeness (QED) is 0.462. The maximum Gasteiger partial charge on any atom is 0.256 e. The third-order valence-corrected chi connectivity index (χ3v) is 6.12. The second-order valence-corrected chi connectivity index (χ2v) is 8.52. The van der Waals surface area contributed by atoms with Gasteiger partial charge in [0.2, 0.25) is 5.91 Å². The van der Waals surface area contributed by atoms with Gasteiger partial charge in [-0.1, -0.05) is 0 Å². The standard InChI is InChI=1S/C24H26F2N4O5/c1-12-18(10-15-21-17(29-23(15)33)4-3-16(25)22(21)26)28-13(2)20(12)24(34)27-11-14(31)9-19(32)30-5-7-35-8-6-30/h3-4,10,14,28,31H,5-9,11H2,1-2H3,(H,27,34)(H,29,33)/b15-10-. The summed E-state index contributed by atoms with van der Waals surface area (Å²) in [5.41, 5.74) is 1.60. The lowest BCUT2D eigenvalue weighted by molar-refractivity contribution is -0.137. The van der Waals surface area contributed by atoms with Gasteiger partial charge in [-0.3, -0.25) is 14.4 Å². The van der Waals surface area contributed by atoms with Gasteiger partial charge in [-0.2, -0.15) is 0 Å². The number of anilines is 1. The summed E-state index contributed by atoms with van der Waals surface area (Å²) in [6.45, 7) is 5.03. The number of ether oxygens (including phenoxy) is 1. The molecule has 4 N–H and O–H groups in total. The van der Waals surface area contributed by atoms with E-state index in [2.05, 4.69) is 15.6 Å². The van der Waals surface area contributed by atoms with Crippen LogP contribution in [0.25, 0.3) is 11.6 Å². The van der Waals surface area contributed by atoms with E-state index in [1.807, 2.05) is 0 Å². The highest BCUT2D eigenvalue weighted by Crippen LogP contribution is 2.36. The molecule has 35 heavy (non-hydrogen) atoms. The van der Waals surface area contributed by atoms with E-state index in [1.165, 1.54) is 12.1 Å². The van der Waals surface area contributed by atoms with Crippen LogP contribution < -0.4 is 10.6 Å². The van der Waals surface area contributed by atoms with Crippen LogP contribution in [0.1, 0.15) is 39.3 Å². The Balaban J connectivity index is 1.46. The first kappa shape index (κ1) is 24.6. The number of H-pyrrole nitrogens is 1. The van der Waals surface area contributed by atoms with Crippen LogP contribution in [0.2, 0.25) is 0 Å². The Morgan fingerprint density at radius 2 is 1.97 bits per heavy atom. The lowest BCUT2D eigenvalue weighted by Crippen LogP contribution is -2.43. The van der Waals surface area contributed by atoms with Crippen molar-refractivity contribution in [2.75, 3.05) is 38.2 Å². The molecule has 0 saturated carbocycles. The molecule has 2 aliphatic heterocycles. The summed E-state index contributed by atoms with van der Waals surface area (Å²) in [7, 11) is 0. The Labute approximate surface area is 200 Å². The van der Waals surface area contributed by atoms with Crippen molar-refractivity contribution in [3.05, 3.63) is 51.8 Å². The van der Waals surface area contributed by atoms with Crippen molar-refractivity contribution in [3.63, 3.8) is 0 Å². The molecule has 0 spiro atoms. The van der Waals surface area contributed by atoms with Crippen LogP contribution in [0.4, 0.5) is 14.5 Å². The average molecular weight is 488 g/mol. The average Bonchev–Trinajstić information content (AvgIpc) is 3.30. The second kappa shape index (κ2) is 9.96. The van der Waals surface area contributed by atoms with E-state index in [9.17, 15) is 28.3 Å². The summed E-state index contributed by atoms with van der Waals surface area (Å²) in [6.07, 6.45) is 0.185. The Hall–Kier alpha value is -3.57. The minimum absolute atomic E-state index is 0.0645. The Morgan fingerprint density at radius 3 is 2.69 bits per heavy atom. The van der Waals surface area contributed by atoms with Crippen molar-refractivity contribution >= 4 is 35.1 Å². The fourth-order valence-corrected chi connectivity index (χ4v) is 4.28. The highest BCUT2D eigenvalue weighted by Gasteiger charge is 2.30. The Morgan fingerprint density at radius 1 is 1.26 bits per heavy atom. The van der Waals surface area contributed by atoms with Gasteiger partial charge >= 0.3 is 0 Å². The summed E-state index contributed by atoms with van der Waals surface area (Å²) >= 11 is 0. The number of halogens is 2. The number of hydrogen-bond donors (Lipinski definition) is 4. The van der Waals surface area contributed by atoms with Crippen LogP contribution in [0.3, 0.4) is 0 Å². The number of aliphatic hydroxyl groups is 1. The number of nitrogens with zero attached hydrogens (tertiary/aromatic N) is 1. The van der Waals surface area contributed by atoms with E-state index in [-0.39, 0.29) is 35.7 Å². The maximum absolute atomic E-state index is 14.4. The summed E-state index contributed by atoms with van der Waals surface area (Å²) in [5, 5.41) is 15.4.